The van der Waals surface area contributed by atoms with E-state index in [0.29, 0.717) is 19.8 Å². The SMILES string of the molecule is CC[O][Ge]([Br])([O]CC)[O]CC. The van der Waals surface area contributed by atoms with Gasteiger partial charge in [-0.25, -0.2) is 0 Å². The fourth-order valence-electron chi connectivity index (χ4n) is 0.642. The molecule has 0 spiro atoms. The number of rotatable bonds is 6. The van der Waals surface area contributed by atoms with Crippen LogP contribution in [0, 0.1) is 0 Å². The van der Waals surface area contributed by atoms with Gasteiger partial charge >= 0.3 is 78.3 Å². The molecule has 0 bridgehead atoms. The maximum absolute atomic E-state index is 5.37. The van der Waals surface area contributed by atoms with Crippen molar-refractivity contribution < 1.29 is 11.3 Å². The summed E-state index contributed by atoms with van der Waals surface area (Å²) >= 11 is 0.460. The predicted octanol–water partition coefficient (Wildman–Crippen LogP) is 1.93. The van der Waals surface area contributed by atoms with Gasteiger partial charge in [0.2, 0.25) is 0 Å². The quantitative estimate of drug-likeness (QED) is 0.699. The molecule has 0 saturated carbocycles. The Morgan fingerprint density at radius 2 is 1.18 bits per heavy atom. The van der Waals surface area contributed by atoms with E-state index in [4.69, 9.17) is 11.3 Å². The van der Waals surface area contributed by atoms with Gasteiger partial charge in [0, 0.05) is 0 Å². The Kier molecular flexibility index (Phi) is 6.95. The van der Waals surface area contributed by atoms with E-state index >= 15 is 0 Å². The first-order valence-electron chi connectivity index (χ1n) is 3.79. The summed E-state index contributed by atoms with van der Waals surface area (Å²) in [5, 5.41) is 0. The van der Waals surface area contributed by atoms with Crippen LogP contribution in [-0.2, 0) is 11.3 Å². The Balaban J connectivity index is 3.79. The summed E-state index contributed by atoms with van der Waals surface area (Å²) < 4.78 is 16.1. The first-order valence-corrected chi connectivity index (χ1v) is 11.3. The van der Waals surface area contributed by atoms with Crippen LogP contribution in [-0.4, -0.2) is 32.3 Å². The van der Waals surface area contributed by atoms with Crippen molar-refractivity contribution in [2.75, 3.05) is 19.8 Å². The molecule has 0 radical (unpaired) electrons. The Labute approximate surface area is 78.4 Å². The molecule has 68 valence electrons. The van der Waals surface area contributed by atoms with Crippen LogP contribution in [0.25, 0.3) is 0 Å². The van der Waals surface area contributed by atoms with E-state index in [1.165, 1.54) is 0 Å². The molecule has 0 rings (SSSR count). The molecule has 0 fully saturated rings. The van der Waals surface area contributed by atoms with Gasteiger partial charge in [0.1, 0.15) is 0 Å². The molecule has 0 atom stereocenters. The summed E-state index contributed by atoms with van der Waals surface area (Å²) in [6, 6.07) is 0. The Morgan fingerprint density at radius 1 is 0.909 bits per heavy atom. The van der Waals surface area contributed by atoms with E-state index in [1.54, 1.807) is 0 Å². The first-order chi connectivity index (χ1) is 5.18. The average molecular weight is 288 g/mol. The zero-order chi connectivity index (χ0) is 8.74. The number of hydrogen-bond donors (Lipinski definition) is 0. The second kappa shape index (κ2) is 6.42. The van der Waals surface area contributed by atoms with Crippen LogP contribution in [0.15, 0.2) is 0 Å². The molecule has 5 heteroatoms. The Bertz CT molecular complexity index is 84.8. The van der Waals surface area contributed by atoms with Gasteiger partial charge in [0.05, 0.1) is 0 Å². The van der Waals surface area contributed by atoms with Gasteiger partial charge in [0.15, 0.2) is 0 Å². The third-order valence-electron chi connectivity index (χ3n) is 0.950. The van der Waals surface area contributed by atoms with Gasteiger partial charge in [-0.3, -0.25) is 0 Å². The van der Waals surface area contributed by atoms with E-state index in [0.717, 1.165) is 0 Å². The monoisotopic (exact) mass is 288 g/mol. The van der Waals surface area contributed by atoms with Crippen molar-refractivity contribution in [3.63, 3.8) is 0 Å². The van der Waals surface area contributed by atoms with E-state index in [9.17, 15) is 0 Å². The minimum atomic E-state index is -2.93. The summed E-state index contributed by atoms with van der Waals surface area (Å²) in [6.45, 7) is 7.68. The van der Waals surface area contributed by atoms with Crippen LogP contribution < -0.4 is 0 Å². The van der Waals surface area contributed by atoms with Crippen LogP contribution in [0.4, 0.5) is 0 Å². The van der Waals surface area contributed by atoms with Crippen LogP contribution in [0.5, 0.6) is 0 Å². The summed E-state index contributed by atoms with van der Waals surface area (Å²) in [5.74, 6) is 0. The molecule has 0 amide bonds. The van der Waals surface area contributed by atoms with Gasteiger partial charge in [0.25, 0.3) is 0 Å². The molecule has 0 heterocycles. The van der Waals surface area contributed by atoms with Crippen molar-refractivity contribution in [1.82, 2.24) is 0 Å². The number of halogens is 1. The fourth-order valence-corrected chi connectivity index (χ4v) is 6.91. The summed E-state index contributed by atoms with van der Waals surface area (Å²) in [7, 11) is 0. The van der Waals surface area contributed by atoms with E-state index in [-0.39, 0.29) is 0 Å². The fraction of sp³-hybridized carbons (Fsp3) is 1.00. The predicted molar refractivity (Wildman–Crippen MR) is 49.6 cm³/mol. The van der Waals surface area contributed by atoms with Crippen molar-refractivity contribution in [3.8, 4) is 0 Å². The second-order valence-corrected chi connectivity index (χ2v) is 10.7. The maximum atomic E-state index is 5.37. The standard InChI is InChI=1S/C6H15BrGeO3/c1-4-9-8(7,10-5-2)11-6-3/h4-6H2,1-3H3. The van der Waals surface area contributed by atoms with Gasteiger partial charge in [-0.2, -0.15) is 0 Å². The van der Waals surface area contributed by atoms with Crippen LogP contribution in [0.2, 0.25) is 0 Å². The van der Waals surface area contributed by atoms with E-state index in [2.05, 4.69) is 14.0 Å². The minimum absolute atomic E-state index is 0.630. The third-order valence-corrected chi connectivity index (χ3v) is 8.51. The van der Waals surface area contributed by atoms with Crippen molar-refractivity contribution >= 4 is 26.4 Å². The molecule has 0 saturated heterocycles. The summed E-state index contributed by atoms with van der Waals surface area (Å²) in [4.78, 5) is 0. The summed E-state index contributed by atoms with van der Waals surface area (Å²) in [5.41, 5.74) is 0. The zero-order valence-electron chi connectivity index (χ0n) is 7.22. The molecule has 11 heavy (non-hydrogen) atoms. The van der Waals surface area contributed by atoms with Crippen molar-refractivity contribution in [2.45, 2.75) is 20.8 Å². The molecule has 0 aromatic rings. The molecule has 0 aromatic heterocycles. The summed E-state index contributed by atoms with van der Waals surface area (Å²) in [6.07, 6.45) is 0. The van der Waals surface area contributed by atoms with Gasteiger partial charge in [-0.05, 0) is 0 Å². The molecule has 0 aliphatic carbocycles. The van der Waals surface area contributed by atoms with Crippen molar-refractivity contribution in [2.24, 2.45) is 0 Å². The van der Waals surface area contributed by atoms with Crippen molar-refractivity contribution in [1.29, 1.82) is 0 Å². The third kappa shape index (κ3) is 5.19. The molecule has 3 nitrogen and oxygen atoms in total. The van der Waals surface area contributed by atoms with Crippen LogP contribution in [0.1, 0.15) is 20.8 Å². The topological polar surface area (TPSA) is 27.7 Å². The van der Waals surface area contributed by atoms with Gasteiger partial charge in [-0.1, -0.05) is 0 Å². The Hall–Kier alpha value is 0.903. The average Bonchev–Trinajstić information content (AvgIpc) is 1.88. The molecule has 0 aliphatic heterocycles. The molecular weight excluding hydrogens is 273 g/mol. The Morgan fingerprint density at radius 3 is 1.36 bits per heavy atom. The van der Waals surface area contributed by atoms with Gasteiger partial charge < -0.3 is 0 Å². The number of hydrogen-bond acceptors (Lipinski definition) is 3. The zero-order valence-corrected chi connectivity index (χ0v) is 10.9. The second-order valence-electron chi connectivity index (χ2n) is 1.78. The van der Waals surface area contributed by atoms with Crippen LogP contribution >= 0.6 is 14.0 Å². The molecule has 0 unspecified atom stereocenters. The molecule has 0 aromatic carbocycles. The van der Waals surface area contributed by atoms with Crippen LogP contribution in [0.3, 0.4) is 0 Å². The molecule has 0 N–H and O–H groups in total. The van der Waals surface area contributed by atoms with Crippen molar-refractivity contribution in [3.05, 3.63) is 0 Å². The van der Waals surface area contributed by atoms with Gasteiger partial charge in [-0.15, -0.1) is 0 Å². The van der Waals surface area contributed by atoms with E-state index in [1.807, 2.05) is 20.8 Å². The van der Waals surface area contributed by atoms with E-state index < -0.39 is 12.4 Å². The molecular formula is C6H15BrGeO3. The first kappa shape index (κ1) is 11.9. The normalized spacial score (nSPS) is 12.0. The molecule has 0 aliphatic rings.